The third kappa shape index (κ3) is 4.08. The first-order valence-corrected chi connectivity index (χ1v) is 9.62. The third-order valence-corrected chi connectivity index (χ3v) is 5.73. The highest BCUT2D eigenvalue weighted by Gasteiger charge is 2.27. The van der Waals surface area contributed by atoms with E-state index in [0.717, 1.165) is 36.3 Å². The highest BCUT2D eigenvalue weighted by molar-refractivity contribution is 6.41. The molecule has 0 atom stereocenters. The Balaban J connectivity index is 1.80. The lowest BCUT2D eigenvalue weighted by atomic mass is 9.95. The zero-order valence-corrected chi connectivity index (χ0v) is 17.2. The molecule has 1 amide bonds. The number of carbonyl (C=O) groups is 1. The molecule has 0 bridgehead atoms. The molecular weight excluding hydrogens is 411 g/mol. The van der Waals surface area contributed by atoms with E-state index in [0.29, 0.717) is 10.7 Å². The van der Waals surface area contributed by atoms with Crippen molar-refractivity contribution in [3.63, 3.8) is 0 Å². The van der Waals surface area contributed by atoms with Crippen molar-refractivity contribution >= 4 is 46.4 Å². The van der Waals surface area contributed by atoms with E-state index in [1.54, 1.807) is 31.1 Å². The average Bonchev–Trinajstić information content (AvgIpc) is 2.66. The Morgan fingerprint density at radius 3 is 2.41 bits per heavy atom. The van der Waals surface area contributed by atoms with Crippen molar-refractivity contribution in [2.75, 3.05) is 32.1 Å². The van der Waals surface area contributed by atoms with Gasteiger partial charge in [-0.25, -0.2) is 0 Å². The summed E-state index contributed by atoms with van der Waals surface area (Å²) in [5.74, 6) is 0.217. The number of hydrogen-bond acceptors (Lipinski definition) is 4. The highest BCUT2D eigenvalue weighted by Crippen LogP contribution is 2.31. The van der Waals surface area contributed by atoms with Gasteiger partial charge >= 0.3 is 0 Å². The second-order valence-electron chi connectivity index (χ2n) is 6.65. The summed E-state index contributed by atoms with van der Waals surface area (Å²) in [6.45, 7) is 1.49. The second kappa shape index (κ2) is 8.09. The fourth-order valence-electron chi connectivity index (χ4n) is 3.21. The number of amides is 1. The van der Waals surface area contributed by atoms with Gasteiger partial charge in [0.2, 0.25) is 5.91 Å². The van der Waals surface area contributed by atoms with E-state index in [2.05, 4.69) is 10.00 Å². The van der Waals surface area contributed by atoms with Crippen LogP contribution in [0.4, 0.5) is 5.69 Å². The van der Waals surface area contributed by atoms with Gasteiger partial charge < -0.3 is 9.80 Å². The first-order chi connectivity index (χ1) is 12.8. The zero-order valence-electron chi connectivity index (χ0n) is 15.0. The molecule has 2 aromatic rings. The van der Waals surface area contributed by atoms with Crippen molar-refractivity contribution in [3.8, 4) is 5.69 Å². The summed E-state index contributed by atoms with van der Waals surface area (Å²) >= 11 is 18.2. The van der Waals surface area contributed by atoms with Crippen molar-refractivity contribution in [3.05, 3.63) is 49.8 Å². The maximum Gasteiger partial charge on any atom is 0.291 e. The van der Waals surface area contributed by atoms with Gasteiger partial charge in [-0.15, -0.1) is 0 Å². The Labute approximate surface area is 172 Å². The van der Waals surface area contributed by atoms with Gasteiger partial charge in [0.05, 0.1) is 27.6 Å². The van der Waals surface area contributed by atoms with Crippen LogP contribution in [-0.4, -0.2) is 47.8 Å². The minimum absolute atomic E-state index is 0.0493. The molecule has 1 aliphatic rings. The lowest BCUT2D eigenvalue weighted by Crippen LogP contribution is -2.40. The first-order valence-electron chi connectivity index (χ1n) is 8.49. The molecule has 1 aromatic heterocycles. The molecule has 1 saturated heterocycles. The van der Waals surface area contributed by atoms with Crippen LogP contribution in [0.2, 0.25) is 15.1 Å². The molecule has 0 unspecified atom stereocenters. The van der Waals surface area contributed by atoms with Gasteiger partial charge in [0.15, 0.2) is 0 Å². The van der Waals surface area contributed by atoms with E-state index in [1.165, 1.54) is 6.20 Å². The predicted octanol–water partition coefficient (Wildman–Crippen LogP) is 3.50. The zero-order chi connectivity index (χ0) is 19.7. The monoisotopic (exact) mass is 428 g/mol. The van der Waals surface area contributed by atoms with Gasteiger partial charge in [-0.3, -0.25) is 9.59 Å². The van der Waals surface area contributed by atoms with Crippen LogP contribution in [-0.2, 0) is 4.79 Å². The molecule has 0 spiro atoms. The topological polar surface area (TPSA) is 58.4 Å². The van der Waals surface area contributed by atoms with E-state index in [-0.39, 0.29) is 21.9 Å². The van der Waals surface area contributed by atoms with Gasteiger partial charge in [0.1, 0.15) is 5.02 Å². The Morgan fingerprint density at radius 2 is 1.81 bits per heavy atom. The van der Waals surface area contributed by atoms with E-state index >= 15 is 0 Å². The van der Waals surface area contributed by atoms with Crippen LogP contribution in [0.5, 0.6) is 0 Å². The standard InChI is InChI=1S/C18H19Cl3N4O2/c1-23(2)17(26)11-5-7-24(8-6-11)15-4-3-12(9-13(15)19)25-18(27)16(21)14(20)10-22-25/h3-4,9-11H,5-8H2,1-2H3. The van der Waals surface area contributed by atoms with Gasteiger partial charge in [-0.1, -0.05) is 34.8 Å². The van der Waals surface area contributed by atoms with Crippen LogP contribution < -0.4 is 10.5 Å². The number of benzene rings is 1. The van der Waals surface area contributed by atoms with Crippen molar-refractivity contribution < 1.29 is 4.79 Å². The fraction of sp³-hybridized carbons (Fsp3) is 0.389. The molecule has 6 nitrogen and oxygen atoms in total. The Hall–Kier alpha value is -1.76. The summed E-state index contributed by atoms with van der Waals surface area (Å²) in [6, 6.07) is 5.28. The number of halogens is 3. The van der Waals surface area contributed by atoms with Crippen molar-refractivity contribution in [1.29, 1.82) is 0 Å². The Morgan fingerprint density at radius 1 is 1.15 bits per heavy atom. The normalized spacial score (nSPS) is 15.1. The smallest absolute Gasteiger partial charge is 0.291 e. The summed E-state index contributed by atoms with van der Waals surface area (Å²) in [6.07, 6.45) is 2.88. The highest BCUT2D eigenvalue weighted by atomic mass is 35.5. The van der Waals surface area contributed by atoms with Crippen LogP contribution in [0.1, 0.15) is 12.8 Å². The Kier molecular flexibility index (Phi) is 5.99. The average molecular weight is 430 g/mol. The molecule has 0 aliphatic carbocycles. The molecule has 1 aliphatic heterocycles. The molecule has 144 valence electrons. The summed E-state index contributed by atoms with van der Waals surface area (Å²) in [5, 5.41) is 4.54. The van der Waals surface area contributed by atoms with Crippen LogP contribution in [0.25, 0.3) is 5.69 Å². The van der Waals surface area contributed by atoms with Crippen molar-refractivity contribution in [2.24, 2.45) is 5.92 Å². The molecule has 3 rings (SSSR count). The molecule has 9 heteroatoms. The van der Waals surface area contributed by atoms with Gasteiger partial charge in [0.25, 0.3) is 5.56 Å². The first kappa shape index (κ1) is 20.0. The molecule has 2 heterocycles. The van der Waals surface area contributed by atoms with Crippen LogP contribution in [0, 0.1) is 5.92 Å². The fourth-order valence-corrected chi connectivity index (χ4v) is 3.76. The van der Waals surface area contributed by atoms with E-state index in [9.17, 15) is 9.59 Å². The number of nitrogens with zero attached hydrogens (tertiary/aromatic N) is 4. The molecule has 0 saturated carbocycles. The van der Waals surface area contributed by atoms with Crippen molar-refractivity contribution in [1.82, 2.24) is 14.7 Å². The van der Waals surface area contributed by atoms with Crippen LogP contribution in [0.15, 0.2) is 29.2 Å². The second-order valence-corrected chi connectivity index (χ2v) is 7.85. The van der Waals surface area contributed by atoms with E-state index in [4.69, 9.17) is 34.8 Å². The number of rotatable bonds is 3. The van der Waals surface area contributed by atoms with Crippen LogP contribution in [0.3, 0.4) is 0 Å². The Bertz CT molecular complexity index is 921. The van der Waals surface area contributed by atoms with Gasteiger partial charge in [0, 0.05) is 33.1 Å². The maximum atomic E-state index is 12.2. The number of piperidine rings is 1. The summed E-state index contributed by atoms with van der Waals surface area (Å²) < 4.78 is 1.16. The number of anilines is 1. The molecule has 1 fully saturated rings. The van der Waals surface area contributed by atoms with E-state index in [1.807, 2.05) is 6.07 Å². The molecule has 0 radical (unpaired) electrons. The number of carbonyl (C=O) groups excluding carboxylic acids is 1. The maximum absolute atomic E-state index is 12.2. The van der Waals surface area contributed by atoms with Gasteiger partial charge in [-0.2, -0.15) is 9.78 Å². The largest absolute Gasteiger partial charge is 0.370 e. The molecule has 0 N–H and O–H groups in total. The molecular formula is C18H19Cl3N4O2. The quantitative estimate of drug-likeness (QED) is 0.749. The van der Waals surface area contributed by atoms with Crippen LogP contribution >= 0.6 is 34.8 Å². The van der Waals surface area contributed by atoms with Gasteiger partial charge in [-0.05, 0) is 31.0 Å². The number of hydrogen-bond donors (Lipinski definition) is 0. The third-order valence-electron chi connectivity index (χ3n) is 4.68. The molecule has 27 heavy (non-hydrogen) atoms. The summed E-state index contributed by atoms with van der Waals surface area (Å²) in [4.78, 5) is 28.1. The lowest BCUT2D eigenvalue weighted by molar-refractivity contribution is -0.133. The van der Waals surface area contributed by atoms with E-state index < -0.39 is 5.56 Å². The SMILES string of the molecule is CN(C)C(=O)C1CCN(c2ccc(-n3ncc(Cl)c(Cl)c3=O)cc2Cl)CC1. The minimum atomic E-state index is -0.504. The summed E-state index contributed by atoms with van der Waals surface area (Å²) in [7, 11) is 3.56. The van der Waals surface area contributed by atoms with Crippen molar-refractivity contribution in [2.45, 2.75) is 12.8 Å². The summed E-state index contributed by atoms with van der Waals surface area (Å²) in [5.41, 5.74) is 0.866. The number of aromatic nitrogens is 2. The lowest BCUT2D eigenvalue weighted by Gasteiger charge is -2.34. The predicted molar refractivity (Wildman–Crippen MR) is 108 cm³/mol. The molecule has 1 aromatic carbocycles. The minimum Gasteiger partial charge on any atom is -0.370 e.